The van der Waals surface area contributed by atoms with Crippen LogP contribution in [0, 0.1) is 20.8 Å². The first kappa shape index (κ1) is 16.7. The predicted octanol–water partition coefficient (Wildman–Crippen LogP) is 3.75. The predicted molar refractivity (Wildman–Crippen MR) is 64.2 cm³/mol. The molecule has 0 spiro atoms. The number of hydrogen-bond donors (Lipinski definition) is 1. The number of hydrogen-bond acceptors (Lipinski definition) is 2. The third-order valence-corrected chi connectivity index (χ3v) is 2.17. The second kappa shape index (κ2) is 8.72. The first-order chi connectivity index (χ1) is 7.42. The van der Waals surface area contributed by atoms with Gasteiger partial charge in [0.15, 0.2) is 0 Å². The average molecular weight is 362 g/mol. The van der Waals surface area contributed by atoms with Crippen LogP contribution in [0.3, 0.4) is 0 Å². The van der Waals surface area contributed by atoms with Crippen LogP contribution in [0.4, 0.5) is 0 Å². The zero-order valence-electron chi connectivity index (χ0n) is 9.17. The van der Waals surface area contributed by atoms with Gasteiger partial charge in [0.2, 0.25) is 0 Å². The second-order valence-electron chi connectivity index (χ2n) is 3.17. The van der Waals surface area contributed by atoms with Crippen LogP contribution in [0.2, 0.25) is 0 Å². The zero-order valence-corrected chi connectivity index (χ0v) is 14.1. The van der Waals surface area contributed by atoms with Gasteiger partial charge in [-0.25, -0.2) is 4.57 Å². The summed E-state index contributed by atoms with van der Waals surface area (Å²) in [4.78, 5) is 8.65. The van der Waals surface area contributed by atoms with Gasteiger partial charge >= 0.3 is 46.1 Å². The van der Waals surface area contributed by atoms with Gasteiger partial charge in [-0.05, 0) is 31.9 Å². The molecule has 0 saturated carbocycles. The van der Waals surface area contributed by atoms with E-state index >= 15 is 0 Å². The Balaban J connectivity index is 0.000000673. The van der Waals surface area contributed by atoms with Gasteiger partial charge in [0.05, 0.1) is 0 Å². The number of halogens is 2. The van der Waals surface area contributed by atoms with E-state index in [-0.39, 0.29) is 0 Å². The van der Waals surface area contributed by atoms with Crippen molar-refractivity contribution in [1.82, 2.24) is 0 Å². The van der Waals surface area contributed by atoms with Crippen molar-refractivity contribution >= 4 is 25.3 Å². The van der Waals surface area contributed by atoms with Gasteiger partial charge < -0.3 is 9.42 Å². The topological polar surface area (TPSA) is 46.5 Å². The Morgan fingerprint density at radius 2 is 1.62 bits per heavy atom. The molecule has 0 bridgehead atoms. The molecule has 0 amide bonds. The summed E-state index contributed by atoms with van der Waals surface area (Å²) in [5.74, 6) is 0.525. The summed E-state index contributed by atoms with van der Waals surface area (Å²) < 4.78 is 15.4. The molecule has 0 saturated heterocycles. The molecule has 16 heavy (non-hydrogen) atoms. The summed E-state index contributed by atoms with van der Waals surface area (Å²) in [6.07, 6.45) is 0. The van der Waals surface area contributed by atoms with Crippen molar-refractivity contribution in [2.24, 2.45) is 0 Å². The molecule has 90 valence electrons. The molecular formula is C9H13Cl2O3PZr. The van der Waals surface area contributed by atoms with Crippen LogP contribution in [-0.2, 0) is 25.4 Å². The molecule has 0 aliphatic rings. The van der Waals surface area contributed by atoms with Crippen molar-refractivity contribution in [1.29, 1.82) is 0 Å². The molecule has 1 N–H and O–H groups in total. The molecule has 0 heterocycles. The minimum atomic E-state index is -2.89. The molecule has 0 aromatic heterocycles. The molecular weight excluding hydrogens is 349 g/mol. The third-order valence-electron chi connectivity index (χ3n) is 1.79. The fourth-order valence-electron chi connectivity index (χ4n) is 1.42. The van der Waals surface area contributed by atoms with E-state index < -0.39 is 29.1 Å². The molecule has 3 nitrogen and oxygen atoms in total. The van der Waals surface area contributed by atoms with Gasteiger partial charge in [-0.3, -0.25) is 0 Å². The Morgan fingerprint density at radius 1 is 1.25 bits per heavy atom. The Labute approximate surface area is 115 Å². The molecule has 1 atom stereocenters. The van der Waals surface area contributed by atoms with E-state index in [4.69, 9.17) is 26.4 Å². The standard InChI is InChI=1S/C9H13O3P.2ClH.Zr/c1-6-4-7(2)9(8(3)5-6)12-13(10)11;;;/h4-5,13H,1-3H3,(H,10,11);2*1H;/q;;;+2/p-2. The second-order valence-corrected chi connectivity index (χ2v) is 7.63. The van der Waals surface area contributed by atoms with Crippen molar-refractivity contribution in [2.45, 2.75) is 20.8 Å². The van der Waals surface area contributed by atoms with E-state index in [1.165, 1.54) is 0 Å². The first-order valence-electron chi connectivity index (χ1n) is 4.37. The Hall–Kier alpha value is 0.673. The Morgan fingerprint density at radius 3 is 1.94 bits per heavy atom. The van der Waals surface area contributed by atoms with Crippen LogP contribution in [0.1, 0.15) is 16.7 Å². The van der Waals surface area contributed by atoms with Crippen LogP contribution in [0.5, 0.6) is 5.75 Å². The van der Waals surface area contributed by atoms with Crippen molar-refractivity contribution in [3.8, 4) is 5.75 Å². The van der Waals surface area contributed by atoms with Crippen LogP contribution < -0.4 is 4.52 Å². The average Bonchev–Trinajstić information content (AvgIpc) is 2.12. The number of aryl methyl sites for hydroxylation is 3. The molecule has 0 radical (unpaired) electrons. The van der Waals surface area contributed by atoms with Gasteiger partial charge in [-0.2, -0.15) is 0 Å². The normalized spacial score (nSPS) is 11.1. The molecule has 7 heteroatoms. The molecule has 1 rings (SSSR count). The van der Waals surface area contributed by atoms with E-state index in [0.717, 1.165) is 16.7 Å². The van der Waals surface area contributed by atoms with Gasteiger partial charge in [0.25, 0.3) is 0 Å². The molecule has 0 aliphatic heterocycles. The zero-order chi connectivity index (χ0) is 12.7. The summed E-state index contributed by atoms with van der Waals surface area (Å²) in [6, 6.07) is 3.85. The first-order valence-corrected chi connectivity index (χ1v) is 12.0. The van der Waals surface area contributed by atoms with Crippen molar-refractivity contribution in [3.05, 3.63) is 28.8 Å². The fraction of sp³-hybridized carbons (Fsp3) is 0.333. The Kier molecular flexibility index (Phi) is 9.09. The SMILES string of the molecule is Cc1cc(C)c(O[PH](=O)O)c(C)c1.[Cl][Zr][Cl]. The van der Waals surface area contributed by atoms with Gasteiger partial charge in [-0.15, -0.1) is 0 Å². The quantitative estimate of drug-likeness (QED) is 0.815. The maximum atomic E-state index is 10.5. The summed E-state index contributed by atoms with van der Waals surface area (Å²) in [5, 5.41) is 0. The summed E-state index contributed by atoms with van der Waals surface area (Å²) in [7, 11) is 6.97. The van der Waals surface area contributed by atoms with E-state index in [1.807, 2.05) is 32.9 Å². The number of rotatable bonds is 2. The Bertz CT molecular complexity index is 351. The summed E-state index contributed by atoms with van der Waals surface area (Å²) >= 11 is -0.826. The van der Waals surface area contributed by atoms with Crippen LogP contribution in [0.15, 0.2) is 12.1 Å². The van der Waals surface area contributed by atoms with Crippen molar-refractivity contribution < 1.29 is 34.8 Å². The number of benzene rings is 1. The third kappa shape index (κ3) is 6.42. The molecule has 1 unspecified atom stereocenters. The maximum absolute atomic E-state index is 10.5. The van der Waals surface area contributed by atoms with Gasteiger partial charge in [0, 0.05) is 0 Å². The monoisotopic (exact) mass is 360 g/mol. The summed E-state index contributed by atoms with van der Waals surface area (Å²) in [6.45, 7) is 5.70. The fourth-order valence-corrected chi connectivity index (χ4v) is 1.91. The van der Waals surface area contributed by atoms with Crippen molar-refractivity contribution in [3.63, 3.8) is 0 Å². The van der Waals surface area contributed by atoms with Crippen LogP contribution in [0.25, 0.3) is 0 Å². The van der Waals surface area contributed by atoms with Crippen LogP contribution >= 0.6 is 25.3 Å². The minimum absolute atomic E-state index is 0.525. The van der Waals surface area contributed by atoms with Gasteiger partial charge in [0.1, 0.15) is 5.75 Å². The van der Waals surface area contributed by atoms with E-state index in [2.05, 4.69) is 0 Å². The molecule has 1 aromatic rings. The molecule has 0 aliphatic carbocycles. The molecule has 0 fully saturated rings. The molecule has 1 aromatic carbocycles. The summed E-state index contributed by atoms with van der Waals surface area (Å²) in [5.41, 5.74) is 2.91. The van der Waals surface area contributed by atoms with Crippen LogP contribution in [-0.4, -0.2) is 4.89 Å². The van der Waals surface area contributed by atoms with E-state index in [1.54, 1.807) is 0 Å². The van der Waals surface area contributed by atoms with E-state index in [0.29, 0.717) is 5.75 Å². The van der Waals surface area contributed by atoms with Crippen molar-refractivity contribution in [2.75, 3.05) is 0 Å². The van der Waals surface area contributed by atoms with E-state index in [9.17, 15) is 4.57 Å². The van der Waals surface area contributed by atoms with Gasteiger partial charge in [-0.1, -0.05) is 17.7 Å².